The minimum absolute atomic E-state index is 0.184. The van der Waals surface area contributed by atoms with Crippen molar-refractivity contribution in [3.63, 3.8) is 0 Å². The van der Waals surface area contributed by atoms with Gasteiger partial charge < -0.3 is 20.7 Å². The Morgan fingerprint density at radius 1 is 1.71 bits per heavy atom. The predicted molar refractivity (Wildman–Crippen MR) is 59.3 cm³/mol. The molecule has 7 heteroatoms. The molecule has 0 saturated carbocycles. The fourth-order valence-electron chi connectivity index (χ4n) is 1.84. The Kier molecular flexibility index (Phi) is 3.14. The predicted octanol–water partition coefficient (Wildman–Crippen LogP) is -1.23. The number of anilines is 1. The van der Waals surface area contributed by atoms with Gasteiger partial charge in [0.25, 0.3) is 0 Å². The molecule has 1 aliphatic heterocycles. The average molecular weight is 241 g/mol. The maximum atomic E-state index is 11.6. The molecule has 0 aromatic carbocycles. The largest absolute Gasteiger partial charge is 0.394 e. The number of nitrogens with two attached hydrogens (primary N) is 1. The van der Waals surface area contributed by atoms with Gasteiger partial charge in [-0.25, -0.2) is 4.79 Å². The number of aryl methyl sites for hydroxylation is 1. The summed E-state index contributed by atoms with van der Waals surface area (Å²) < 4.78 is 6.65. The van der Waals surface area contributed by atoms with Gasteiger partial charge in [0.05, 0.1) is 12.7 Å². The number of hydrogen-bond donors (Lipinski definition) is 3. The van der Waals surface area contributed by atoms with Crippen LogP contribution >= 0.6 is 0 Å². The average Bonchev–Trinajstić information content (AvgIpc) is 2.65. The number of rotatable bonds is 2. The Hall–Kier alpha value is -1.44. The Morgan fingerprint density at radius 3 is 3.00 bits per heavy atom. The number of hydrogen-bond acceptors (Lipinski definition) is 6. The summed E-state index contributed by atoms with van der Waals surface area (Å²) in [7, 11) is 0. The summed E-state index contributed by atoms with van der Waals surface area (Å²) in [6.07, 6.45) is -0.265. The third-order valence-corrected chi connectivity index (χ3v) is 2.87. The third-order valence-electron chi connectivity index (χ3n) is 2.87. The van der Waals surface area contributed by atoms with E-state index in [0.717, 1.165) is 0 Å². The van der Waals surface area contributed by atoms with Gasteiger partial charge in [-0.1, -0.05) is 0 Å². The molecule has 0 bridgehead atoms. The minimum atomic E-state index is -0.783. The second kappa shape index (κ2) is 4.44. The molecule has 17 heavy (non-hydrogen) atoms. The van der Waals surface area contributed by atoms with Crippen LogP contribution in [0.5, 0.6) is 0 Å². The molecule has 1 unspecified atom stereocenters. The summed E-state index contributed by atoms with van der Waals surface area (Å²) in [6.45, 7) is 1.45. The number of nitrogen functional groups attached to an aromatic ring is 1. The lowest BCUT2D eigenvalue weighted by Crippen LogP contribution is -2.28. The van der Waals surface area contributed by atoms with Crippen LogP contribution in [0.2, 0.25) is 0 Å². The van der Waals surface area contributed by atoms with Gasteiger partial charge in [0.1, 0.15) is 18.1 Å². The summed E-state index contributed by atoms with van der Waals surface area (Å²) >= 11 is 0. The first-order chi connectivity index (χ1) is 8.02. The van der Waals surface area contributed by atoms with E-state index in [1.807, 2.05) is 0 Å². The normalized spacial score (nSPS) is 28.5. The highest BCUT2D eigenvalue weighted by Gasteiger charge is 2.35. The van der Waals surface area contributed by atoms with E-state index in [-0.39, 0.29) is 18.8 Å². The zero-order valence-corrected chi connectivity index (χ0v) is 9.41. The first-order valence-electron chi connectivity index (χ1n) is 5.32. The highest BCUT2D eigenvalue weighted by Crippen LogP contribution is 2.27. The number of ether oxygens (including phenoxy) is 1. The molecule has 1 saturated heterocycles. The second-order valence-corrected chi connectivity index (χ2v) is 4.11. The molecule has 1 aliphatic rings. The van der Waals surface area contributed by atoms with Crippen LogP contribution in [0.1, 0.15) is 18.2 Å². The second-order valence-electron chi connectivity index (χ2n) is 4.11. The molecular weight excluding hydrogens is 226 g/mol. The van der Waals surface area contributed by atoms with Crippen LogP contribution in [0.3, 0.4) is 0 Å². The Morgan fingerprint density at radius 2 is 2.41 bits per heavy atom. The van der Waals surface area contributed by atoms with Crippen LogP contribution < -0.4 is 11.4 Å². The minimum Gasteiger partial charge on any atom is -0.394 e. The van der Waals surface area contributed by atoms with E-state index in [2.05, 4.69) is 4.98 Å². The first kappa shape index (κ1) is 12.0. The highest BCUT2D eigenvalue weighted by atomic mass is 16.5. The molecule has 1 aromatic rings. The van der Waals surface area contributed by atoms with E-state index in [1.54, 1.807) is 13.1 Å². The topological polar surface area (TPSA) is 111 Å². The molecule has 1 fully saturated rings. The van der Waals surface area contributed by atoms with Gasteiger partial charge in [-0.3, -0.25) is 4.57 Å². The van der Waals surface area contributed by atoms with Gasteiger partial charge in [-0.05, 0) is 6.92 Å². The monoisotopic (exact) mass is 241 g/mol. The number of aromatic nitrogens is 2. The SMILES string of the molecule is Cc1cn([C@@H]2CC(O)[C@H](CO)O2)c(=O)nc1N. The lowest BCUT2D eigenvalue weighted by atomic mass is 10.2. The highest BCUT2D eigenvalue weighted by molar-refractivity contribution is 5.35. The Labute approximate surface area is 97.5 Å². The molecule has 1 aromatic heterocycles. The van der Waals surface area contributed by atoms with Crippen molar-refractivity contribution in [3.05, 3.63) is 22.2 Å². The van der Waals surface area contributed by atoms with Gasteiger partial charge >= 0.3 is 5.69 Å². The molecule has 94 valence electrons. The lowest BCUT2D eigenvalue weighted by molar-refractivity contribution is -0.0459. The van der Waals surface area contributed by atoms with Crippen molar-refractivity contribution in [3.8, 4) is 0 Å². The number of aliphatic hydroxyl groups excluding tert-OH is 2. The number of aliphatic hydroxyl groups is 2. The van der Waals surface area contributed by atoms with Crippen LogP contribution in [-0.4, -0.2) is 38.6 Å². The summed E-state index contributed by atoms with van der Waals surface area (Å²) in [5, 5.41) is 18.6. The van der Waals surface area contributed by atoms with Crippen LogP contribution in [0.25, 0.3) is 0 Å². The van der Waals surface area contributed by atoms with Gasteiger partial charge in [0.15, 0.2) is 0 Å². The van der Waals surface area contributed by atoms with Crippen molar-refractivity contribution in [2.24, 2.45) is 0 Å². The zero-order chi connectivity index (χ0) is 12.6. The smallest absolute Gasteiger partial charge is 0.351 e. The fraction of sp³-hybridized carbons (Fsp3) is 0.600. The van der Waals surface area contributed by atoms with Crippen LogP contribution in [0.4, 0.5) is 5.82 Å². The molecule has 0 spiro atoms. The zero-order valence-electron chi connectivity index (χ0n) is 9.41. The molecule has 4 N–H and O–H groups in total. The van der Waals surface area contributed by atoms with Crippen molar-refractivity contribution < 1.29 is 14.9 Å². The van der Waals surface area contributed by atoms with Crippen LogP contribution in [0, 0.1) is 6.92 Å². The first-order valence-corrected chi connectivity index (χ1v) is 5.32. The summed E-state index contributed by atoms with van der Waals surface area (Å²) in [6, 6.07) is 0. The molecule has 2 heterocycles. The van der Waals surface area contributed by atoms with Crippen molar-refractivity contribution in [1.82, 2.24) is 9.55 Å². The van der Waals surface area contributed by atoms with Crippen molar-refractivity contribution in [2.75, 3.05) is 12.3 Å². The molecule has 0 amide bonds. The quantitative estimate of drug-likeness (QED) is 0.598. The van der Waals surface area contributed by atoms with E-state index < -0.39 is 24.1 Å². The van der Waals surface area contributed by atoms with Crippen LogP contribution in [0.15, 0.2) is 11.0 Å². The van der Waals surface area contributed by atoms with Crippen molar-refractivity contribution >= 4 is 5.82 Å². The standard InChI is InChI=1S/C10H15N3O4/c1-5-3-13(10(16)12-9(5)11)8-2-6(15)7(4-14)17-8/h3,6-8,14-15H,2,4H2,1H3,(H2,11,12,16)/t6?,7-,8-/m0/s1. The molecule has 0 aliphatic carbocycles. The van der Waals surface area contributed by atoms with E-state index in [1.165, 1.54) is 4.57 Å². The van der Waals surface area contributed by atoms with E-state index >= 15 is 0 Å². The molecular formula is C10H15N3O4. The van der Waals surface area contributed by atoms with Crippen molar-refractivity contribution in [2.45, 2.75) is 31.8 Å². The van der Waals surface area contributed by atoms with E-state index in [0.29, 0.717) is 5.56 Å². The summed E-state index contributed by atoms with van der Waals surface area (Å²) in [5.41, 5.74) is 5.65. The summed E-state index contributed by atoms with van der Waals surface area (Å²) in [4.78, 5) is 15.3. The van der Waals surface area contributed by atoms with Crippen molar-refractivity contribution in [1.29, 1.82) is 0 Å². The van der Waals surface area contributed by atoms with Gasteiger partial charge in [0, 0.05) is 18.2 Å². The lowest BCUT2D eigenvalue weighted by Gasteiger charge is -2.15. The number of nitrogens with zero attached hydrogens (tertiary/aromatic N) is 2. The maximum absolute atomic E-state index is 11.6. The Bertz CT molecular complexity index is 473. The van der Waals surface area contributed by atoms with E-state index in [9.17, 15) is 9.90 Å². The third kappa shape index (κ3) is 2.17. The van der Waals surface area contributed by atoms with E-state index in [4.69, 9.17) is 15.6 Å². The molecule has 2 rings (SSSR count). The molecule has 7 nitrogen and oxygen atoms in total. The van der Waals surface area contributed by atoms with Gasteiger partial charge in [-0.15, -0.1) is 0 Å². The van der Waals surface area contributed by atoms with Gasteiger partial charge in [-0.2, -0.15) is 4.98 Å². The fourth-order valence-corrected chi connectivity index (χ4v) is 1.84. The summed E-state index contributed by atoms with van der Waals surface area (Å²) in [5.74, 6) is 0.184. The maximum Gasteiger partial charge on any atom is 0.351 e. The Balaban J connectivity index is 2.30. The van der Waals surface area contributed by atoms with Gasteiger partial charge in [0.2, 0.25) is 0 Å². The van der Waals surface area contributed by atoms with Crippen LogP contribution in [-0.2, 0) is 4.74 Å². The molecule has 3 atom stereocenters. The molecule has 0 radical (unpaired) electrons.